The molecule has 0 aliphatic carbocycles. The molecule has 48 heavy (non-hydrogen) atoms. The molecule has 0 saturated carbocycles. The van der Waals surface area contributed by atoms with Crippen molar-refractivity contribution in [3.05, 3.63) is 76.3 Å². The van der Waals surface area contributed by atoms with E-state index in [0.717, 1.165) is 46.2 Å². The van der Waals surface area contributed by atoms with Crippen LogP contribution in [0.1, 0.15) is 105 Å². The van der Waals surface area contributed by atoms with Crippen molar-refractivity contribution in [3.63, 3.8) is 0 Å². The van der Waals surface area contributed by atoms with Crippen molar-refractivity contribution in [1.82, 2.24) is 15.0 Å². The molecule has 258 valence electrons. The van der Waals surface area contributed by atoms with Gasteiger partial charge in [0.1, 0.15) is 0 Å². The topological polar surface area (TPSA) is 109 Å². The minimum absolute atomic E-state index is 0.150. The van der Waals surface area contributed by atoms with Gasteiger partial charge in [0.25, 0.3) is 0 Å². The Morgan fingerprint density at radius 3 is 1.54 bits per heavy atom. The minimum atomic E-state index is -0.807. The molecule has 3 aromatic carbocycles. The highest BCUT2D eigenvalue weighted by Gasteiger charge is 2.21. The maximum atomic E-state index is 11.2. The summed E-state index contributed by atoms with van der Waals surface area (Å²) < 4.78 is 5.74. The number of aromatic hydroxyl groups is 2. The first-order valence-corrected chi connectivity index (χ1v) is 17.9. The Labute approximate surface area is 287 Å². The summed E-state index contributed by atoms with van der Waals surface area (Å²) in [6.45, 7) is 11.2. The quantitative estimate of drug-likeness (QED) is 0.0683. The van der Waals surface area contributed by atoms with E-state index in [1.807, 2.05) is 52.0 Å². The fraction of sp³-hybridized carbons (Fsp3) is 0.488. The Hall–Kier alpha value is -3.81. The first-order valence-electron chi connectivity index (χ1n) is 17.9. The molecular weight excluding hydrogens is 598 g/mol. The van der Waals surface area contributed by atoms with Crippen molar-refractivity contribution in [2.24, 2.45) is 0 Å². The summed E-state index contributed by atoms with van der Waals surface area (Å²) in [6, 6.07) is 15.6. The Morgan fingerprint density at radius 2 is 1.04 bits per heavy atom. The van der Waals surface area contributed by atoms with E-state index in [0.29, 0.717) is 23.8 Å². The third-order valence-electron chi connectivity index (χ3n) is 9.01. The van der Waals surface area contributed by atoms with Crippen LogP contribution in [0.5, 0.6) is 11.5 Å². The minimum Gasteiger partial charge on any atom is -0.504 e. The fourth-order valence-corrected chi connectivity index (χ4v) is 6.23. The van der Waals surface area contributed by atoms with Crippen LogP contribution < -0.4 is 0 Å². The Bertz CT molecular complexity index is 1550. The monoisotopic (exact) mass is 653 g/mol. The van der Waals surface area contributed by atoms with Crippen LogP contribution in [0.2, 0.25) is 0 Å². The molecule has 1 atom stereocenters. The standard InChI is InChI=1S/C41H55N3O4/c1-6-7-8-9-10-11-12-13-14-15-16-23-48-27-33(45)26-32-19-22-36(38(47)37(32)46)41-43-39(34-20-17-28(2)24-30(34)4)42-40(44-41)35-21-18-29(3)25-31(35)5/h17-22,24-25,33,45-47H,6-16,23,26-27H2,1-5H3. The number of unbranched alkanes of at least 4 members (excludes halogenated alkanes) is 10. The summed E-state index contributed by atoms with van der Waals surface area (Å²) in [7, 11) is 0. The SMILES string of the molecule is CCCCCCCCCCCCCOCC(O)Cc1ccc(-c2nc(-c3ccc(C)cc3C)nc(-c3ccc(C)cc3C)n2)c(O)c1O. The van der Waals surface area contributed by atoms with Gasteiger partial charge in [0, 0.05) is 29.7 Å². The van der Waals surface area contributed by atoms with E-state index in [-0.39, 0.29) is 35.9 Å². The van der Waals surface area contributed by atoms with E-state index in [1.165, 1.54) is 57.8 Å². The van der Waals surface area contributed by atoms with Crippen molar-refractivity contribution in [2.45, 2.75) is 118 Å². The summed E-state index contributed by atoms with van der Waals surface area (Å²) in [5.41, 5.74) is 6.79. The number of benzene rings is 3. The molecule has 1 unspecified atom stereocenters. The lowest BCUT2D eigenvalue weighted by Gasteiger charge is -2.15. The molecule has 0 bridgehead atoms. The summed E-state index contributed by atoms with van der Waals surface area (Å²) in [6.07, 6.45) is 13.4. The zero-order chi connectivity index (χ0) is 34.5. The third kappa shape index (κ3) is 10.6. The molecule has 0 radical (unpaired) electrons. The number of aliphatic hydroxyl groups excluding tert-OH is 1. The van der Waals surface area contributed by atoms with Gasteiger partial charge in [-0.1, -0.05) is 125 Å². The smallest absolute Gasteiger partial charge is 0.168 e. The van der Waals surface area contributed by atoms with Gasteiger partial charge < -0.3 is 20.1 Å². The highest BCUT2D eigenvalue weighted by atomic mass is 16.5. The van der Waals surface area contributed by atoms with E-state index in [2.05, 4.69) is 19.1 Å². The number of hydrogen-bond acceptors (Lipinski definition) is 7. The Kier molecular flexibility index (Phi) is 14.4. The molecule has 4 aromatic rings. The maximum Gasteiger partial charge on any atom is 0.168 e. The van der Waals surface area contributed by atoms with Gasteiger partial charge in [-0.15, -0.1) is 0 Å². The number of phenolic OH excluding ortho intramolecular Hbond substituents is 2. The molecule has 0 amide bonds. The molecule has 7 nitrogen and oxygen atoms in total. The maximum absolute atomic E-state index is 11.2. The second kappa shape index (κ2) is 18.7. The molecule has 0 saturated heterocycles. The normalized spacial score (nSPS) is 12.0. The molecule has 0 spiro atoms. The molecule has 1 aromatic heterocycles. The van der Waals surface area contributed by atoms with E-state index >= 15 is 0 Å². The van der Waals surface area contributed by atoms with Gasteiger partial charge in [-0.25, -0.2) is 15.0 Å². The van der Waals surface area contributed by atoms with Crippen molar-refractivity contribution in [1.29, 1.82) is 0 Å². The van der Waals surface area contributed by atoms with Crippen LogP contribution in [0, 0.1) is 27.7 Å². The Balaban J connectivity index is 1.39. The van der Waals surface area contributed by atoms with Crippen LogP contribution in [0.3, 0.4) is 0 Å². The van der Waals surface area contributed by atoms with Gasteiger partial charge in [0.15, 0.2) is 29.0 Å². The summed E-state index contributed by atoms with van der Waals surface area (Å²) in [5.74, 6) is 0.608. The predicted molar refractivity (Wildman–Crippen MR) is 195 cm³/mol. The van der Waals surface area contributed by atoms with Gasteiger partial charge in [-0.05, 0) is 51.3 Å². The van der Waals surface area contributed by atoms with Crippen molar-refractivity contribution >= 4 is 0 Å². The van der Waals surface area contributed by atoms with Crippen LogP contribution >= 0.6 is 0 Å². The van der Waals surface area contributed by atoms with E-state index in [4.69, 9.17) is 19.7 Å². The molecule has 7 heteroatoms. The Morgan fingerprint density at radius 1 is 0.583 bits per heavy atom. The summed E-state index contributed by atoms with van der Waals surface area (Å²) in [5, 5.41) is 32.9. The van der Waals surface area contributed by atoms with E-state index in [9.17, 15) is 15.3 Å². The third-order valence-corrected chi connectivity index (χ3v) is 9.01. The molecule has 0 fully saturated rings. The zero-order valence-electron chi connectivity index (χ0n) is 29.7. The largest absolute Gasteiger partial charge is 0.504 e. The molecule has 1 heterocycles. The van der Waals surface area contributed by atoms with E-state index in [1.54, 1.807) is 12.1 Å². The summed E-state index contributed by atoms with van der Waals surface area (Å²) >= 11 is 0. The molecule has 3 N–H and O–H groups in total. The molecule has 0 aliphatic rings. The second-order valence-corrected chi connectivity index (χ2v) is 13.4. The number of phenols is 2. The van der Waals surface area contributed by atoms with Crippen molar-refractivity contribution in [2.75, 3.05) is 13.2 Å². The highest BCUT2D eigenvalue weighted by molar-refractivity contribution is 5.74. The lowest BCUT2D eigenvalue weighted by Crippen LogP contribution is -2.18. The van der Waals surface area contributed by atoms with Crippen LogP contribution in [0.15, 0.2) is 48.5 Å². The number of nitrogens with zero attached hydrogens (tertiary/aromatic N) is 3. The van der Waals surface area contributed by atoms with Crippen molar-refractivity contribution in [3.8, 4) is 45.7 Å². The number of aliphatic hydroxyl groups is 1. The zero-order valence-corrected chi connectivity index (χ0v) is 29.7. The number of aryl methyl sites for hydroxylation is 4. The molecule has 0 aliphatic heterocycles. The predicted octanol–water partition coefficient (Wildman–Crippen LogP) is 9.75. The van der Waals surface area contributed by atoms with Crippen molar-refractivity contribution < 1.29 is 20.1 Å². The van der Waals surface area contributed by atoms with Gasteiger partial charge in [-0.2, -0.15) is 0 Å². The first-order chi connectivity index (χ1) is 23.2. The van der Waals surface area contributed by atoms with Gasteiger partial charge in [0.2, 0.25) is 0 Å². The average molecular weight is 654 g/mol. The number of aromatic nitrogens is 3. The number of rotatable bonds is 19. The molecule has 4 rings (SSSR count). The lowest BCUT2D eigenvalue weighted by atomic mass is 10.0. The second-order valence-electron chi connectivity index (χ2n) is 13.4. The van der Waals surface area contributed by atoms with Gasteiger partial charge in [-0.3, -0.25) is 0 Å². The number of hydrogen-bond donors (Lipinski definition) is 3. The first kappa shape index (κ1) is 37.0. The van der Waals surface area contributed by atoms with Crippen LogP contribution in [0.4, 0.5) is 0 Å². The average Bonchev–Trinajstić information content (AvgIpc) is 3.05. The van der Waals surface area contributed by atoms with Crippen LogP contribution in [0.25, 0.3) is 34.2 Å². The number of ether oxygens (including phenoxy) is 1. The lowest BCUT2D eigenvalue weighted by molar-refractivity contribution is 0.0352. The van der Waals surface area contributed by atoms with E-state index < -0.39 is 6.10 Å². The van der Waals surface area contributed by atoms with Crippen LogP contribution in [-0.2, 0) is 11.2 Å². The fourth-order valence-electron chi connectivity index (χ4n) is 6.23. The highest BCUT2D eigenvalue weighted by Crippen LogP contribution is 2.39. The van der Waals surface area contributed by atoms with Gasteiger partial charge in [0.05, 0.1) is 18.3 Å². The summed E-state index contributed by atoms with van der Waals surface area (Å²) in [4.78, 5) is 14.4. The van der Waals surface area contributed by atoms with Crippen LogP contribution in [-0.4, -0.2) is 49.6 Å². The van der Waals surface area contributed by atoms with Gasteiger partial charge >= 0.3 is 0 Å². The molecular formula is C41H55N3O4.